The molecular formula is C14H17NO4S. The zero-order valence-corrected chi connectivity index (χ0v) is 12.3. The molecule has 20 heavy (non-hydrogen) atoms. The van der Waals surface area contributed by atoms with Crippen molar-refractivity contribution < 1.29 is 19.2 Å². The van der Waals surface area contributed by atoms with Crippen molar-refractivity contribution in [2.75, 3.05) is 6.61 Å². The summed E-state index contributed by atoms with van der Waals surface area (Å²) in [5.74, 6) is -0.639. The second-order valence-electron chi connectivity index (χ2n) is 3.78. The summed E-state index contributed by atoms with van der Waals surface area (Å²) in [4.78, 5) is 28.0. The fraction of sp³-hybridized carbons (Fsp3) is 0.286. The van der Waals surface area contributed by atoms with Crippen molar-refractivity contribution >= 4 is 31.0 Å². The van der Waals surface area contributed by atoms with E-state index in [1.54, 1.807) is 13.0 Å². The summed E-state index contributed by atoms with van der Waals surface area (Å²) in [5.41, 5.74) is 1.31. The van der Waals surface area contributed by atoms with Crippen LogP contribution in [0.15, 0.2) is 35.9 Å². The van der Waals surface area contributed by atoms with Crippen molar-refractivity contribution in [3.05, 3.63) is 41.5 Å². The van der Waals surface area contributed by atoms with Gasteiger partial charge >= 0.3 is 12.1 Å². The fourth-order valence-corrected chi connectivity index (χ4v) is 1.54. The Hall–Kier alpha value is -1.95. The van der Waals surface area contributed by atoms with Crippen molar-refractivity contribution in [1.82, 2.24) is 4.47 Å². The van der Waals surface area contributed by atoms with E-state index in [4.69, 9.17) is 4.84 Å². The lowest BCUT2D eigenvalue weighted by molar-refractivity contribution is -0.158. The molecule has 0 unspecified atom stereocenters. The molecule has 0 bridgehead atoms. The number of carbonyl (C=O) groups is 2. The molecule has 1 rings (SSSR count). The van der Waals surface area contributed by atoms with Crippen LogP contribution in [-0.2, 0) is 14.4 Å². The number of hydrogen-bond donors (Lipinski definition) is 1. The van der Waals surface area contributed by atoms with Crippen LogP contribution < -0.4 is 0 Å². The first-order chi connectivity index (χ1) is 9.58. The molecule has 1 aromatic rings. The van der Waals surface area contributed by atoms with E-state index in [-0.39, 0.29) is 6.61 Å². The average Bonchev–Trinajstić information content (AvgIpc) is 2.45. The van der Waals surface area contributed by atoms with Gasteiger partial charge in [0, 0.05) is 5.57 Å². The summed E-state index contributed by atoms with van der Waals surface area (Å²) in [7, 11) is 0. The molecule has 0 N–H and O–H groups in total. The lowest BCUT2D eigenvalue weighted by Gasteiger charge is -2.14. The number of amides is 1. The van der Waals surface area contributed by atoms with Crippen LogP contribution in [0.1, 0.15) is 25.8 Å². The predicted molar refractivity (Wildman–Crippen MR) is 78.6 cm³/mol. The Morgan fingerprint density at radius 2 is 1.90 bits per heavy atom. The first-order valence-corrected chi connectivity index (χ1v) is 6.62. The van der Waals surface area contributed by atoms with E-state index in [1.807, 2.05) is 37.3 Å². The molecule has 0 aliphatic rings. The average molecular weight is 295 g/mol. The topological polar surface area (TPSA) is 55.8 Å². The molecule has 0 saturated heterocycles. The van der Waals surface area contributed by atoms with E-state index in [1.165, 1.54) is 0 Å². The van der Waals surface area contributed by atoms with Gasteiger partial charge in [0.05, 0.1) is 6.61 Å². The Kier molecular flexibility index (Phi) is 6.66. The molecule has 1 amide bonds. The maximum absolute atomic E-state index is 11.9. The lowest BCUT2D eigenvalue weighted by Crippen LogP contribution is -2.26. The van der Waals surface area contributed by atoms with Crippen LogP contribution in [-0.4, -0.2) is 23.1 Å². The smallest absolute Gasteiger partial charge is 0.447 e. The summed E-state index contributed by atoms with van der Waals surface area (Å²) in [6, 6.07) is 9.36. The van der Waals surface area contributed by atoms with Crippen molar-refractivity contribution in [3.63, 3.8) is 0 Å². The Morgan fingerprint density at radius 1 is 1.25 bits per heavy atom. The third kappa shape index (κ3) is 4.97. The number of nitrogens with zero attached hydrogens (tertiary/aromatic N) is 1. The quantitative estimate of drug-likeness (QED) is 0.526. The maximum atomic E-state index is 11.9. The minimum Gasteiger partial charge on any atom is -0.447 e. The second kappa shape index (κ2) is 8.27. The number of carbonyl (C=O) groups excluding carboxylic acids is 2. The molecule has 5 nitrogen and oxygen atoms in total. The number of hydrogen-bond acceptors (Lipinski definition) is 5. The van der Waals surface area contributed by atoms with E-state index in [0.717, 1.165) is 5.56 Å². The predicted octanol–water partition coefficient (Wildman–Crippen LogP) is 3.24. The van der Waals surface area contributed by atoms with Gasteiger partial charge in [-0.1, -0.05) is 41.7 Å². The third-order valence-corrected chi connectivity index (χ3v) is 2.62. The molecule has 1 aromatic carbocycles. The highest BCUT2D eigenvalue weighted by Gasteiger charge is 2.18. The van der Waals surface area contributed by atoms with Crippen molar-refractivity contribution in [1.29, 1.82) is 0 Å². The Bertz CT molecular complexity index is 487. The molecule has 0 spiro atoms. The van der Waals surface area contributed by atoms with Gasteiger partial charge in [0.1, 0.15) is 0 Å². The second-order valence-corrected chi connectivity index (χ2v) is 4.15. The van der Waals surface area contributed by atoms with E-state index >= 15 is 0 Å². The van der Waals surface area contributed by atoms with E-state index in [0.29, 0.717) is 16.5 Å². The van der Waals surface area contributed by atoms with Crippen LogP contribution in [0.3, 0.4) is 0 Å². The third-order valence-electron chi connectivity index (χ3n) is 2.38. The monoisotopic (exact) mass is 295 g/mol. The van der Waals surface area contributed by atoms with Gasteiger partial charge in [-0.15, -0.1) is 0 Å². The van der Waals surface area contributed by atoms with E-state index < -0.39 is 12.1 Å². The van der Waals surface area contributed by atoms with Gasteiger partial charge < -0.3 is 9.57 Å². The number of hydroxylamine groups is 1. The molecule has 0 radical (unpaired) electrons. The minimum absolute atomic E-state index is 0.175. The molecule has 0 aliphatic carbocycles. The molecule has 0 saturated carbocycles. The lowest BCUT2D eigenvalue weighted by atomic mass is 10.1. The van der Waals surface area contributed by atoms with Crippen LogP contribution >= 0.6 is 12.8 Å². The Morgan fingerprint density at radius 3 is 2.45 bits per heavy atom. The van der Waals surface area contributed by atoms with Crippen molar-refractivity contribution in [2.24, 2.45) is 0 Å². The molecule has 0 fully saturated rings. The van der Waals surface area contributed by atoms with Gasteiger partial charge in [-0.25, -0.2) is 9.59 Å². The van der Waals surface area contributed by atoms with Crippen LogP contribution in [0.4, 0.5) is 4.79 Å². The van der Waals surface area contributed by atoms with E-state index in [9.17, 15) is 9.59 Å². The van der Waals surface area contributed by atoms with Crippen molar-refractivity contribution in [3.8, 4) is 0 Å². The molecule has 0 aliphatic heterocycles. The van der Waals surface area contributed by atoms with Crippen LogP contribution in [0.25, 0.3) is 6.08 Å². The summed E-state index contributed by atoms with van der Waals surface area (Å²) < 4.78 is 5.14. The van der Waals surface area contributed by atoms with Gasteiger partial charge in [0.15, 0.2) is 0 Å². The van der Waals surface area contributed by atoms with E-state index in [2.05, 4.69) is 17.6 Å². The standard InChI is InChI=1S/C14H17NO4S/c1-3-12(10-11-8-6-5-7-9-11)13(16)19-15(20)14(17)18-4-2/h5-10,20H,3-4H2,1-2H3. The molecule has 0 aromatic heterocycles. The van der Waals surface area contributed by atoms with Crippen LogP contribution in [0.2, 0.25) is 0 Å². The Balaban J connectivity index is 2.73. The zero-order chi connectivity index (χ0) is 15.0. The van der Waals surface area contributed by atoms with Gasteiger partial charge in [-0.3, -0.25) is 0 Å². The van der Waals surface area contributed by atoms with Crippen molar-refractivity contribution in [2.45, 2.75) is 20.3 Å². The molecule has 108 valence electrons. The summed E-state index contributed by atoms with van der Waals surface area (Å²) in [6.45, 7) is 3.64. The summed E-state index contributed by atoms with van der Waals surface area (Å²) in [6.07, 6.45) is 1.34. The largest absolute Gasteiger partial charge is 0.454 e. The number of ether oxygens (including phenoxy) is 1. The minimum atomic E-state index is -0.834. The highest BCUT2D eigenvalue weighted by molar-refractivity contribution is 7.78. The SMILES string of the molecule is CCOC(=O)N(S)OC(=O)C(=Cc1ccccc1)CC. The molecular weight excluding hydrogens is 278 g/mol. The number of thiol groups is 1. The highest BCUT2D eigenvalue weighted by atomic mass is 32.1. The zero-order valence-electron chi connectivity index (χ0n) is 11.4. The van der Waals surface area contributed by atoms with Gasteiger partial charge in [0.2, 0.25) is 0 Å². The normalized spacial score (nSPS) is 10.8. The van der Waals surface area contributed by atoms with Gasteiger partial charge in [0.25, 0.3) is 0 Å². The van der Waals surface area contributed by atoms with Gasteiger partial charge in [-0.2, -0.15) is 0 Å². The molecule has 0 atom stereocenters. The molecule has 6 heteroatoms. The van der Waals surface area contributed by atoms with Crippen LogP contribution in [0, 0.1) is 0 Å². The maximum Gasteiger partial charge on any atom is 0.454 e. The first-order valence-electron chi connectivity index (χ1n) is 6.22. The summed E-state index contributed by atoms with van der Waals surface area (Å²) >= 11 is 3.75. The molecule has 0 heterocycles. The fourth-order valence-electron chi connectivity index (χ4n) is 1.41. The summed E-state index contributed by atoms with van der Waals surface area (Å²) in [5, 5.41) is 0. The first kappa shape index (κ1) is 16.1. The number of rotatable bonds is 4. The number of benzene rings is 1. The van der Waals surface area contributed by atoms with Crippen LogP contribution in [0.5, 0.6) is 0 Å². The Labute approximate surface area is 123 Å². The highest BCUT2D eigenvalue weighted by Crippen LogP contribution is 2.13. The van der Waals surface area contributed by atoms with Gasteiger partial charge in [-0.05, 0) is 37.8 Å².